The molecule has 0 saturated heterocycles. The summed E-state index contributed by atoms with van der Waals surface area (Å²) in [4.78, 5) is 12.7. The molecule has 0 heterocycles. The fraction of sp³-hybridized carbons (Fsp3) is 0.100. The van der Waals surface area contributed by atoms with E-state index in [2.05, 4.69) is 29.2 Å². The minimum atomic E-state index is -0.373. The smallest absolute Gasteiger partial charge is 0.269 e. The van der Waals surface area contributed by atoms with Gasteiger partial charge in [0.1, 0.15) is 0 Å². The SMILES string of the molecule is O=[N+]([O-])c1ccc(N(Cc2ccccc2)Cc2ccccc2)cc1. The van der Waals surface area contributed by atoms with Gasteiger partial charge in [-0.15, -0.1) is 0 Å². The molecule has 0 saturated carbocycles. The molecule has 0 aliphatic rings. The lowest BCUT2D eigenvalue weighted by atomic mass is 10.1. The number of hydrogen-bond acceptors (Lipinski definition) is 3. The molecule has 3 rings (SSSR count). The summed E-state index contributed by atoms with van der Waals surface area (Å²) in [6, 6.07) is 27.1. The number of rotatable bonds is 6. The largest absolute Gasteiger partial charge is 0.363 e. The first-order valence-electron chi connectivity index (χ1n) is 7.79. The zero-order valence-corrected chi connectivity index (χ0v) is 13.2. The number of anilines is 1. The Kier molecular flexibility index (Phi) is 4.87. The van der Waals surface area contributed by atoms with Gasteiger partial charge in [0.25, 0.3) is 5.69 Å². The highest BCUT2D eigenvalue weighted by atomic mass is 16.6. The first-order chi connectivity index (χ1) is 11.7. The second-order valence-corrected chi connectivity index (χ2v) is 5.60. The molecule has 0 atom stereocenters. The molecule has 0 bridgehead atoms. The molecule has 0 aliphatic heterocycles. The van der Waals surface area contributed by atoms with Gasteiger partial charge in [-0.25, -0.2) is 0 Å². The second kappa shape index (κ2) is 7.42. The highest BCUT2D eigenvalue weighted by Crippen LogP contribution is 2.23. The minimum absolute atomic E-state index is 0.109. The fourth-order valence-corrected chi connectivity index (χ4v) is 2.63. The Morgan fingerprint density at radius 2 is 1.17 bits per heavy atom. The topological polar surface area (TPSA) is 46.4 Å². The van der Waals surface area contributed by atoms with E-state index in [-0.39, 0.29) is 10.6 Å². The maximum absolute atomic E-state index is 10.9. The quantitative estimate of drug-likeness (QED) is 0.484. The molecule has 4 heteroatoms. The summed E-state index contributed by atoms with van der Waals surface area (Å²) in [7, 11) is 0. The van der Waals surface area contributed by atoms with Crippen LogP contribution in [0.3, 0.4) is 0 Å². The van der Waals surface area contributed by atoms with E-state index in [1.54, 1.807) is 12.1 Å². The van der Waals surface area contributed by atoms with Crippen molar-refractivity contribution in [1.82, 2.24) is 0 Å². The van der Waals surface area contributed by atoms with Crippen molar-refractivity contribution in [1.29, 1.82) is 0 Å². The van der Waals surface area contributed by atoms with Crippen molar-refractivity contribution in [2.45, 2.75) is 13.1 Å². The third-order valence-electron chi connectivity index (χ3n) is 3.86. The maximum Gasteiger partial charge on any atom is 0.269 e. The van der Waals surface area contributed by atoms with Gasteiger partial charge in [-0.1, -0.05) is 60.7 Å². The first-order valence-corrected chi connectivity index (χ1v) is 7.79. The molecule has 0 radical (unpaired) electrons. The van der Waals surface area contributed by atoms with Crippen LogP contribution >= 0.6 is 0 Å². The zero-order valence-electron chi connectivity index (χ0n) is 13.2. The molecule has 0 N–H and O–H groups in total. The fourth-order valence-electron chi connectivity index (χ4n) is 2.63. The average molecular weight is 318 g/mol. The van der Waals surface area contributed by atoms with Crippen LogP contribution in [-0.2, 0) is 13.1 Å². The van der Waals surface area contributed by atoms with Gasteiger partial charge >= 0.3 is 0 Å². The van der Waals surface area contributed by atoms with E-state index in [4.69, 9.17) is 0 Å². The number of non-ortho nitro benzene ring substituents is 1. The highest BCUT2D eigenvalue weighted by molar-refractivity contribution is 5.51. The highest BCUT2D eigenvalue weighted by Gasteiger charge is 2.11. The molecule has 0 spiro atoms. The molecule has 0 amide bonds. The van der Waals surface area contributed by atoms with Gasteiger partial charge in [0.15, 0.2) is 0 Å². The average Bonchev–Trinajstić information content (AvgIpc) is 2.63. The van der Waals surface area contributed by atoms with Crippen molar-refractivity contribution in [3.63, 3.8) is 0 Å². The third-order valence-corrected chi connectivity index (χ3v) is 3.86. The van der Waals surface area contributed by atoms with Crippen LogP contribution in [0, 0.1) is 10.1 Å². The Balaban J connectivity index is 1.87. The van der Waals surface area contributed by atoms with Gasteiger partial charge in [-0.05, 0) is 23.3 Å². The molecule has 3 aromatic carbocycles. The van der Waals surface area contributed by atoms with Gasteiger partial charge in [-0.2, -0.15) is 0 Å². The van der Waals surface area contributed by atoms with E-state index in [9.17, 15) is 10.1 Å². The Bertz CT molecular complexity index is 745. The third kappa shape index (κ3) is 3.98. The normalized spacial score (nSPS) is 10.3. The predicted molar refractivity (Wildman–Crippen MR) is 95.9 cm³/mol. The molecule has 0 unspecified atom stereocenters. The summed E-state index contributed by atoms with van der Waals surface area (Å²) < 4.78 is 0. The van der Waals surface area contributed by atoms with Gasteiger partial charge in [-0.3, -0.25) is 10.1 Å². The lowest BCUT2D eigenvalue weighted by Gasteiger charge is -2.25. The molecular formula is C20H18N2O2. The maximum atomic E-state index is 10.9. The molecule has 0 aliphatic carbocycles. The van der Waals surface area contributed by atoms with Crippen LogP contribution < -0.4 is 4.90 Å². The van der Waals surface area contributed by atoms with Crippen molar-refractivity contribution in [2.75, 3.05) is 4.90 Å². The lowest BCUT2D eigenvalue weighted by molar-refractivity contribution is -0.384. The Labute approximate surface area is 141 Å². The van der Waals surface area contributed by atoms with Crippen LogP contribution in [0.4, 0.5) is 11.4 Å². The molecule has 120 valence electrons. The molecule has 24 heavy (non-hydrogen) atoms. The van der Waals surface area contributed by atoms with E-state index >= 15 is 0 Å². The zero-order chi connectivity index (χ0) is 16.8. The van der Waals surface area contributed by atoms with Gasteiger partial charge < -0.3 is 4.90 Å². The van der Waals surface area contributed by atoms with Crippen LogP contribution in [0.5, 0.6) is 0 Å². The number of nitrogens with zero attached hydrogens (tertiary/aromatic N) is 2. The summed E-state index contributed by atoms with van der Waals surface area (Å²) in [5, 5.41) is 10.9. The summed E-state index contributed by atoms with van der Waals surface area (Å²) in [6.07, 6.45) is 0. The van der Waals surface area contributed by atoms with Crippen molar-refractivity contribution in [3.05, 3.63) is 106 Å². The van der Waals surface area contributed by atoms with Gasteiger partial charge in [0.2, 0.25) is 0 Å². The van der Waals surface area contributed by atoms with Crippen molar-refractivity contribution in [3.8, 4) is 0 Å². The van der Waals surface area contributed by atoms with Crippen molar-refractivity contribution >= 4 is 11.4 Å². The van der Waals surface area contributed by atoms with Crippen molar-refractivity contribution in [2.24, 2.45) is 0 Å². The Hall–Kier alpha value is -3.14. The van der Waals surface area contributed by atoms with Crippen LogP contribution in [0.15, 0.2) is 84.9 Å². The standard InChI is InChI=1S/C20H18N2O2/c23-22(24)20-13-11-19(12-14-20)21(15-17-7-3-1-4-8-17)16-18-9-5-2-6-10-18/h1-14H,15-16H2. The number of hydrogen-bond donors (Lipinski definition) is 0. The summed E-state index contributed by atoms with van der Waals surface area (Å²) >= 11 is 0. The lowest BCUT2D eigenvalue weighted by Crippen LogP contribution is -2.22. The molecular weight excluding hydrogens is 300 g/mol. The van der Waals surface area contributed by atoms with E-state index in [1.807, 2.05) is 48.5 Å². The summed E-state index contributed by atoms with van der Waals surface area (Å²) in [5.74, 6) is 0. The first kappa shape index (κ1) is 15.7. The van der Waals surface area contributed by atoms with Gasteiger partial charge in [0, 0.05) is 30.9 Å². The molecule has 4 nitrogen and oxygen atoms in total. The minimum Gasteiger partial charge on any atom is -0.363 e. The molecule has 3 aromatic rings. The molecule has 0 aromatic heterocycles. The van der Waals surface area contributed by atoms with Crippen molar-refractivity contribution < 1.29 is 4.92 Å². The number of nitro benzene ring substituents is 1. The van der Waals surface area contributed by atoms with Crippen LogP contribution in [0.1, 0.15) is 11.1 Å². The van der Waals surface area contributed by atoms with E-state index in [0.717, 1.165) is 18.8 Å². The van der Waals surface area contributed by atoms with Crippen LogP contribution in [-0.4, -0.2) is 4.92 Å². The number of nitro groups is 1. The monoisotopic (exact) mass is 318 g/mol. The second-order valence-electron chi connectivity index (χ2n) is 5.60. The van der Waals surface area contributed by atoms with Crippen LogP contribution in [0.25, 0.3) is 0 Å². The Morgan fingerprint density at radius 3 is 1.58 bits per heavy atom. The number of benzene rings is 3. The van der Waals surface area contributed by atoms with Crippen LogP contribution in [0.2, 0.25) is 0 Å². The van der Waals surface area contributed by atoms with E-state index < -0.39 is 0 Å². The summed E-state index contributed by atoms with van der Waals surface area (Å²) in [6.45, 7) is 1.49. The Morgan fingerprint density at radius 1 is 0.708 bits per heavy atom. The van der Waals surface area contributed by atoms with Gasteiger partial charge in [0.05, 0.1) is 4.92 Å². The summed E-state index contributed by atoms with van der Waals surface area (Å²) in [5.41, 5.74) is 3.48. The predicted octanol–water partition coefficient (Wildman–Crippen LogP) is 4.80. The van der Waals surface area contributed by atoms with E-state index in [1.165, 1.54) is 11.1 Å². The molecule has 0 fully saturated rings. The van der Waals surface area contributed by atoms with E-state index in [0.29, 0.717) is 0 Å².